The average molecular weight is 399 g/mol. The van der Waals surface area contributed by atoms with E-state index in [4.69, 9.17) is 4.42 Å². The van der Waals surface area contributed by atoms with E-state index in [0.29, 0.717) is 30.8 Å². The number of halogens is 1. The van der Waals surface area contributed by atoms with Gasteiger partial charge in [-0.1, -0.05) is 6.92 Å². The Labute approximate surface area is 161 Å². The molecule has 2 atom stereocenters. The van der Waals surface area contributed by atoms with Crippen molar-refractivity contribution in [3.05, 3.63) is 38.9 Å². The summed E-state index contributed by atoms with van der Waals surface area (Å²) in [5, 5.41) is 17.1. The third-order valence-electron chi connectivity index (χ3n) is 4.78. The van der Waals surface area contributed by atoms with E-state index in [1.807, 2.05) is 0 Å². The second-order valence-electron chi connectivity index (χ2n) is 6.68. The number of aromatic nitrogens is 1. The largest absolute Gasteiger partial charge is 0.419 e. The lowest BCUT2D eigenvalue weighted by Gasteiger charge is -2.30. The Bertz CT molecular complexity index is 878. The molecular formula is C17H23ClN4O5. The molecule has 1 aliphatic heterocycles. The first-order valence-electron chi connectivity index (χ1n) is 8.73. The summed E-state index contributed by atoms with van der Waals surface area (Å²) < 4.78 is 6.48. The van der Waals surface area contributed by atoms with Crippen LogP contribution in [0.3, 0.4) is 0 Å². The van der Waals surface area contributed by atoms with Crippen molar-refractivity contribution < 1.29 is 14.1 Å². The van der Waals surface area contributed by atoms with Gasteiger partial charge in [-0.25, -0.2) is 4.79 Å². The number of piperidine rings is 1. The van der Waals surface area contributed by atoms with Crippen molar-refractivity contribution in [3.8, 4) is 0 Å². The summed E-state index contributed by atoms with van der Waals surface area (Å²) in [6, 6.07) is 4.24. The molecule has 2 unspecified atom stereocenters. The van der Waals surface area contributed by atoms with Crippen molar-refractivity contribution in [3.63, 3.8) is 0 Å². The highest BCUT2D eigenvalue weighted by Crippen LogP contribution is 2.20. The van der Waals surface area contributed by atoms with Gasteiger partial charge in [0.1, 0.15) is 0 Å². The molecule has 10 heteroatoms. The molecule has 1 amide bonds. The molecule has 3 rings (SSSR count). The lowest BCUT2D eigenvalue weighted by Crippen LogP contribution is -2.48. The molecule has 2 N–H and O–H groups in total. The number of hydrogen-bond donors (Lipinski definition) is 2. The molecule has 1 saturated heterocycles. The normalized spacial score (nSPS) is 19.4. The van der Waals surface area contributed by atoms with Gasteiger partial charge in [0.25, 0.3) is 5.69 Å². The molecule has 0 radical (unpaired) electrons. The van der Waals surface area contributed by atoms with Crippen LogP contribution in [0.5, 0.6) is 0 Å². The predicted molar refractivity (Wildman–Crippen MR) is 102 cm³/mol. The number of aryl methyl sites for hydroxylation is 1. The van der Waals surface area contributed by atoms with Crippen LogP contribution < -0.4 is 16.4 Å². The minimum Gasteiger partial charge on any atom is -0.407 e. The molecule has 0 spiro atoms. The first-order chi connectivity index (χ1) is 12.5. The highest BCUT2D eigenvalue weighted by atomic mass is 35.5. The van der Waals surface area contributed by atoms with Crippen molar-refractivity contribution in [2.45, 2.75) is 38.8 Å². The van der Waals surface area contributed by atoms with Crippen LogP contribution in [0.2, 0.25) is 0 Å². The lowest BCUT2D eigenvalue weighted by atomic mass is 9.95. The van der Waals surface area contributed by atoms with E-state index >= 15 is 0 Å². The van der Waals surface area contributed by atoms with Crippen LogP contribution >= 0.6 is 12.4 Å². The Hall–Kier alpha value is -2.39. The zero-order chi connectivity index (χ0) is 18.7. The summed E-state index contributed by atoms with van der Waals surface area (Å²) in [7, 11) is 0. The van der Waals surface area contributed by atoms with Crippen LogP contribution in [-0.4, -0.2) is 34.5 Å². The fourth-order valence-corrected chi connectivity index (χ4v) is 3.29. The summed E-state index contributed by atoms with van der Waals surface area (Å²) in [5.41, 5.74) is 0.541. The third kappa shape index (κ3) is 4.86. The molecule has 2 heterocycles. The number of non-ortho nitro benzene ring substituents is 1. The molecule has 0 saturated carbocycles. The molecule has 0 bridgehead atoms. The van der Waals surface area contributed by atoms with E-state index in [9.17, 15) is 19.7 Å². The smallest absolute Gasteiger partial charge is 0.407 e. The van der Waals surface area contributed by atoms with Crippen molar-refractivity contribution in [2.24, 2.45) is 5.92 Å². The number of benzene rings is 1. The highest BCUT2D eigenvalue weighted by Gasteiger charge is 2.22. The Morgan fingerprint density at radius 1 is 1.48 bits per heavy atom. The van der Waals surface area contributed by atoms with Gasteiger partial charge in [-0.2, -0.15) is 0 Å². The average Bonchev–Trinajstić information content (AvgIpc) is 2.91. The number of oxazole rings is 1. The van der Waals surface area contributed by atoms with Gasteiger partial charge in [0.15, 0.2) is 5.58 Å². The molecule has 2 aromatic rings. The second-order valence-corrected chi connectivity index (χ2v) is 6.68. The molecule has 1 aliphatic rings. The standard InChI is InChI=1S/C17H22N4O5.ClH/c1-11-10-18-7-6-13(11)19-16(22)3-2-8-20-14-5-4-12(21(24)25)9-15(14)26-17(20)23;/h4-5,9,11,13,18H,2-3,6-8,10H2,1H3,(H,19,22);1H. The van der Waals surface area contributed by atoms with E-state index < -0.39 is 10.7 Å². The highest BCUT2D eigenvalue weighted by molar-refractivity contribution is 5.85. The number of amides is 1. The quantitative estimate of drug-likeness (QED) is 0.565. The van der Waals surface area contributed by atoms with Gasteiger partial charge >= 0.3 is 5.76 Å². The minimum absolute atomic E-state index is 0. The van der Waals surface area contributed by atoms with Gasteiger partial charge in [0, 0.05) is 25.1 Å². The number of carbonyl (C=O) groups is 1. The lowest BCUT2D eigenvalue weighted by molar-refractivity contribution is -0.384. The first-order valence-corrected chi connectivity index (χ1v) is 8.73. The van der Waals surface area contributed by atoms with Gasteiger partial charge in [-0.3, -0.25) is 19.5 Å². The third-order valence-corrected chi connectivity index (χ3v) is 4.78. The van der Waals surface area contributed by atoms with Gasteiger partial charge in [-0.15, -0.1) is 12.4 Å². The van der Waals surface area contributed by atoms with Gasteiger partial charge in [0.2, 0.25) is 5.91 Å². The van der Waals surface area contributed by atoms with E-state index in [2.05, 4.69) is 17.6 Å². The maximum atomic E-state index is 12.1. The number of fused-ring (bicyclic) bond motifs is 1. The molecule has 0 aliphatic carbocycles. The summed E-state index contributed by atoms with van der Waals surface area (Å²) in [5.74, 6) is -0.211. The number of rotatable bonds is 6. The second kappa shape index (κ2) is 9.01. The van der Waals surface area contributed by atoms with E-state index in [-0.39, 0.29) is 35.6 Å². The Kier molecular flexibility index (Phi) is 6.98. The fraction of sp³-hybridized carbons (Fsp3) is 0.529. The molecule has 1 aromatic heterocycles. The maximum Gasteiger partial charge on any atom is 0.419 e. The molecule has 27 heavy (non-hydrogen) atoms. The molecule has 9 nitrogen and oxygen atoms in total. The van der Waals surface area contributed by atoms with Crippen LogP contribution in [0.15, 0.2) is 27.4 Å². The zero-order valence-corrected chi connectivity index (χ0v) is 15.8. The summed E-state index contributed by atoms with van der Waals surface area (Å²) in [6.45, 7) is 4.22. The predicted octanol–water partition coefficient (Wildman–Crippen LogP) is 1.82. The maximum absolute atomic E-state index is 12.1. The van der Waals surface area contributed by atoms with Crippen molar-refractivity contribution >= 4 is 35.1 Å². The van der Waals surface area contributed by atoms with Crippen LogP contribution in [0.25, 0.3) is 11.1 Å². The molecular weight excluding hydrogens is 376 g/mol. The number of nitrogens with zero attached hydrogens (tertiary/aromatic N) is 2. The zero-order valence-electron chi connectivity index (χ0n) is 15.0. The minimum atomic E-state index is -0.576. The van der Waals surface area contributed by atoms with Crippen molar-refractivity contribution in [2.75, 3.05) is 13.1 Å². The van der Waals surface area contributed by atoms with Crippen molar-refractivity contribution in [1.29, 1.82) is 0 Å². The van der Waals surface area contributed by atoms with Crippen LogP contribution in [0, 0.1) is 16.0 Å². The summed E-state index contributed by atoms with van der Waals surface area (Å²) in [4.78, 5) is 34.4. The van der Waals surface area contributed by atoms with E-state index in [1.54, 1.807) is 0 Å². The van der Waals surface area contributed by atoms with Gasteiger partial charge in [0.05, 0.1) is 16.5 Å². The Morgan fingerprint density at radius 3 is 2.96 bits per heavy atom. The molecule has 148 valence electrons. The molecule has 1 fully saturated rings. The van der Waals surface area contributed by atoms with E-state index in [1.165, 1.54) is 22.8 Å². The fourth-order valence-electron chi connectivity index (χ4n) is 3.29. The number of nitro groups is 1. The number of nitrogens with one attached hydrogen (secondary N) is 2. The van der Waals surface area contributed by atoms with Crippen LogP contribution in [0.1, 0.15) is 26.2 Å². The summed E-state index contributed by atoms with van der Waals surface area (Å²) in [6.07, 6.45) is 1.71. The topological polar surface area (TPSA) is 119 Å². The Balaban J connectivity index is 0.00000261. The SMILES string of the molecule is CC1CNCCC1NC(=O)CCCn1c(=O)oc2cc([N+](=O)[O-])ccc21.Cl. The van der Waals surface area contributed by atoms with Gasteiger partial charge in [-0.05, 0) is 37.9 Å². The monoisotopic (exact) mass is 398 g/mol. The molecule has 1 aromatic carbocycles. The van der Waals surface area contributed by atoms with E-state index in [0.717, 1.165) is 19.5 Å². The number of carbonyl (C=O) groups excluding carboxylic acids is 1. The number of hydrogen-bond acceptors (Lipinski definition) is 6. The van der Waals surface area contributed by atoms with Crippen molar-refractivity contribution in [1.82, 2.24) is 15.2 Å². The summed E-state index contributed by atoms with van der Waals surface area (Å²) >= 11 is 0. The van der Waals surface area contributed by atoms with Crippen LogP contribution in [-0.2, 0) is 11.3 Å². The van der Waals surface area contributed by atoms with Crippen LogP contribution in [0.4, 0.5) is 5.69 Å². The number of nitro benzene ring substituents is 1. The van der Waals surface area contributed by atoms with Gasteiger partial charge < -0.3 is 15.1 Å². The Morgan fingerprint density at radius 2 is 2.26 bits per heavy atom. The first kappa shape index (κ1) is 20.9.